The molecule has 0 bridgehead atoms. The predicted molar refractivity (Wildman–Crippen MR) is 68.5 cm³/mol. The van der Waals surface area contributed by atoms with Crippen LogP contribution in [0.4, 0.5) is 5.82 Å². The molecule has 2 aromatic rings. The van der Waals surface area contributed by atoms with Crippen molar-refractivity contribution < 1.29 is 9.84 Å². The fraction of sp³-hybridized carbons (Fsp3) is 0.417. The summed E-state index contributed by atoms with van der Waals surface area (Å²) in [6.45, 7) is 1.52. The minimum Gasteiger partial charge on any atom is -0.386 e. The van der Waals surface area contributed by atoms with Crippen molar-refractivity contribution >= 4 is 27.2 Å². The van der Waals surface area contributed by atoms with Gasteiger partial charge in [-0.2, -0.15) is 0 Å². The Morgan fingerprint density at radius 3 is 3.29 bits per heavy atom. The molecule has 1 aliphatic rings. The number of pyridine rings is 1. The van der Waals surface area contributed by atoms with Crippen molar-refractivity contribution in [3.63, 3.8) is 0 Å². The second-order valence-electron chi connectivity index (χ2n) is 4.37. The minimum absolute atomic E-state index is 0.402. The topological polar surface area (TPSA) is 54.4 Å². The molecule has 1 unspecified atom stereocenters. The highest BCUT2D eigenvalue weighted by Gasteiger charge is 2.32. The van der Waals surface area contributed by atoms with E-state index in [0.717, 1.165) is 11.2 Å². The maximum absolute atomic E-state index is 10.2. The number of nitrogens with zero attached hydrogens (tertiary/aromatic N) is 1. The summed E-state index contributed by atoms with van der Waals surface area (Å²) in [5.41, 5.74) is -0.750. The summed E-state index contributed by atoms with van der Waals surface area (Å²) < 4.78 is 6.42. The van der Waals surface area contributed by atoms with E-state index in [1.54, 1.807) is 17.5 Å². The van der Waals surface area contributed by atoms with E-state index in [2.05, 4.69) is 10.3 Å². The first kappa shape index (κ1) is 11.0. The molecule has 2 N–H and O–H groups in total. The summed E-state index contributed by atoms with van der Waals surface area (Å²) in [6.07, 6.45) is 2.47. The van der Waals surface area contributed by atoms with Gasteiger partial charge in [0, 0.05) is 35.9 Å². The van der Waals surface area contributed by atoms with Gasteiger partial charge in [-0.25, -0.2) is 4.98 Å². The van der Waals surface area contributed by atoms with Crippen LogP contribution in [-0.2, 0) is 4.74 Å². The van der Waals surface area contributed by atoms with E-state index in [9.17, 15) is 5.11 Å². The van der Waals surface area contributed by atoms with Crippen LogP contribution in [0.3, 0.4) is 0 Å². The summed E-state index contributed by atoms with van der Waals surface area (Å²) in [5.74, 6) is 0.837. The lowest BCUT2D eigenvalue weighted by molar-refractivity contribution is 0.0381. The van der Waals surface area contributed by atoms with Crippen LogP contribution < -0.4 is 5.32 Å². The normalized spacial score (nSPS) is 24.3. The summed E-state index contributed by atoms with van der Waals surface area (Å²) in [5, 5.41) is 16.5. The fourth-order valence-electron chi connectivity index (χ4n) is 2.02. The van der Waals surface area contributed by atoms with Gasteiger partial charge in [0.1, 0.15) is 11.4 Å². The third-order valence-corrected chi connectivity index (χ3v) is 3.93. The number of aromatic nitrogens is 1. The van der Waals surface area contributed by atoms with E-state index < -0.39 is 5.60 Å². The van der Waals surface area contributed by atoms with Crippen LogP contribution in [0.25, 0.3) is 10.1 Å². The van der Waals surface area contributed by atoms with Gasteiger partial charge in [0.2, 0.25) is 0 Å². The summed E-state index contributed by atoms with van der Waals surface area (Å²) in [7, 11) is 0. The van der Waals surface area contributed by atoms with Crippen LogP contribution in [-0.4, -0.2) is 35.5 Å². The first-order valence-electron chi connectivity index (χ1n) is 5.63. The van der Waals surface area contributed by atoms with Crippen LogP contribution in [0.15, 0.2) is 23.7 Å². The zero-order valence-electron chi connectivity index (χ0n) is 9.35. The highest BCUT2D eigenvalue weighted by molar-refractivity contribution is 7.17. The summed E-state index contributed by atoms with van der Waals surface area (Å²) in [6, 6.07) is 4.04. The molecule has 4 nitrogen and oxygen atoms in total. The Bertz CT molecular complexity index is 520. The van der Waals surface area contributed by atoms with Crippen LogP contribution in [0, 0.1) is 0 Å². The van der Waals surface area contributed by atoms with Crippen LogP contribution in [0.1, 0.15) is 6.42 Å². The van der Waals surface area contributed by atoms with Crippen molar-refractivity contribution in [3.8, 4) is 0 Å². The lowest BCUT2D eigenvalue weighted by atomic mass is 10.0. The Morgan fingerprint density at radius 1 is 1.53 bits per heavy atom. The molecule has 0 saturated carbocycles. The lowest BCUT2D eigenvalue weighted by Crippen LogP contribution is -2.37. The van der Waals surface area contributed by atoms with E-state index in [4.69, 9.17) is 4.74 Å². The van der Waals surface area contributed by atoms with Crippen LogP contribution in [0.2, 0.25) is 0 Å². The van der Waals surface area contributed by atoms with E-state index >= 15 is 0 Å². The maximum atomic E-state index is 10.2. The Hall–Kier alpha value is -1.17. The molecule has 1 fully saturated rings. The average Bonchev–Trinajstić information content (AvgIpc) is 2.95. The summed E-state index contributed by atoms with van der Waals surface area (Å²) in [4.78, 5) is 4.31. The first-order chi connectivity index (χ1) is 8.27. The van der Waals surface area contributed by atoms with Crippen molar-refractivity contribution in [3.05, 3.63) is 23.7 Å². The Balaban J connectivity index is 1.78. The van der Waals surface area contributed by atoms with Gasteiger partial charge in [-0.1, -0.05) is 0 Å². The van der Waals surface area contributed by atoms with Gasteiger partial charge in [0.25, 0.3) is 0 Å². The smallest absolute Gasteiger partial charge is 0.134 e. The highest BCUT2D eigenvalue weighted by atomic mass is 32.1. The Labute approximate surface area is 103 Å². The zero-order chi connectivity index (χ0) is 11.7. The molecule has 1 aliphatic heterocycles. The van der Waals surface area contributed by atoms with E-state index in [0.29, 0.717) is 26.2 Å². The predicted octanol–water partition coefficient (Wildman–Crippen LogP) is 1.86. The first-order valence-corrected chi connectivity index (χ1v) is 6.51. The molecule has 0 amide bonds. The number of nitrogens with one attached hydrogen (secondary N) is 1. The van der Waals surface area contributed by atoms with Gasteiger partial charge in [-0.05, 0) is 17.5 Å². The average molecular weight is 250 g/mol. The van der Waals surface area contributed by atoms with Crippen molar-refractivity contribution in [1.82, 2.24) is 4.98 Å². The third-order valence-electron chi connectivity index (χ3n) is 3.05. The van der Waals surface area contributed by atoms with Gasteiger partial charge >= 0.3 is 0 Å². The number of thiophene rings is 1. The molecule has 0 spiro atoms. The zero-order valence-corrected chi connectivity index (χ0v) is 10.2. The van der Waals surface area contributed by atoms with Gasteiger partial charge in [-0.3, -0.25) is 0 Å². The molecule has 5 heteroatoms. The number of anilines is 1. The molecule has 3 rings (SSSR count). The second-order valence-corrected chi connectivity index (χ2v) is 5.32. The second kappa shape index (κ2) is 4.25. The molecular weight excluding hydrogens is 236 g/mol. The summed E-state index contributed by atoms with van der Waals surface area (Å²) >= 11 is 1.69. The van der Waals surface area contributed by atoms with Crippen LogP contribution in [0.5, 0.6) is 0 Å². The molecule has 2 aromatic heterocycles. The number of hydrogen-bond acceptors (Lipinski definition) is 5. The van der Waals surface area contributed by atoms with E-state index in [1.807, 2.05) is 17.5 Å². The van der Waals surface area contributed by atoms with Crippen molar-refractivity contribution in [2.24, 2.45) is 0 Å². The number of rotatable bonds is 3. The van der Waals surface area contributed by atoms with Gasteiger partial charge in [-0.15, -0.1) is 11.3 Å². The molecule has 0 aliphatic carbocycles. The van der Waals surface area contributed by atoms with Crippen molar-refractivity contribution in [2.45, 2.75) is 12.0 Å². The fourth-order valence-corrected chi connectivity index (χ4v) is 2.80. The van der Waals surface area contributed by atoms with Gasteiger partial charge in [0.05, 0.1) is 6.61 Å². The molecular formula is C12H14N2O2S. The Morgan fingerprint density at radius 2 is 2.47 bits per heavy atom. The maximum Gasteiger partial charge on any atom is 0.134 e. The Kier molecular flexibility index (Phi) is 2.74. The monoisotopic (exact) mass is 250 g/mol. The third kappa shape index (κ3) is 2.13. The number of fused-ring (bicyclic) bond motifs is 1. The van der Waals surface area contributed by atoms with Gasteiger partial charge in [0.15, 0.2) is 0 Å². The minimum atomic E-state index is -0.750. The van der Waals surface area contributed by atoms with Gasteiger partial charge < -0.3 is 15.2 Å². The largest absolute Gasteiger partial charge is 0.386 e. The van der Waals surface area contributed by atoms with Crippen molar-refractivity contribution in [1.29, 1.82) is 0 Å². The number of ether oxygens (including phenoxy) is 1. The number of hydrogen-bond donors (Lipinski definition) is 2. The highest BCUT2D eigenvalue weighted by Crippen LogP contribution is 2.27. The quantitative estimate of drug-likeness (QED) is 0.873. The molecule has 1 atom stereocenters. The molecule has 90 valence electrons. The van der Waals surface area contributed by atoms with E-state index in [1.165, 1.54) is 4.70 Å². The molecule has 0 aromatic carbocycles. The molecule has 0 radical (unpaired) electrons. The molecule has 17 heavy (non-hydrogen) atoms. The number of aliphatic hydroxyl groups is 1. The lowest BCUT2D eigenvalue weighted by Gasteiger charge is -2.21. The standard InChI is InChI=1S/C12H14N2O2S/c15-12(3-5-16-8-12)7-14-11-9-2-6-17-10(9)1-4-13-11/h1-2,4,6,15H,3,5,7-8H2,(H,13,14). The van der Waals surface area contributed by atoms with E-state index in [-0.39, 0.29) is 0 Å². The molecule has 1 saturated heterocycles. The van der Waals surface area contributed by atoms with Crippen LogP contribution >= 0.6 is 11.3 Å². The van der Waals surface area contributed by atoms with Crippen molar-refractivity contribution in [2.75, 3.05) is 25.1 Å². The molecule has 3 heterocycles. The SMILES string of the molecule is OC1(CNc2nccc3sccc23)CCOC1.